The fraction of sp³-hybridized carbons (Fsp3) is 0.722. The number of likely N-dealkylation sites (tertiary alicyclic amines) is 2. The Morgan fingerprint density at radius 3 is 3.00 bits per heavy atom. The van der Waals surface area contributed by atoms with Crippen LogP contribution in [0.3, 0.4) is 0 Å². The van der Waals surface area contributed by atoms with Crippen molar-refractivity contribution in [2.75, 3.05) is 39.9 Å². The highest BCUT2D eigenvalue weighted by molar-refractivity contribution is 5.78. The molecule has 7 nitrogen and oxygen atoms in total. The predicted octanol–water partition coefficient (Wildman–Crippen LogP) is 1.15. The minimum absolute atomic E-state index is 0.0594. The Morgan fingerprint density at radius 2 is 2.24 bits per heavy atom. The Hall–Kier alpha value is -1.89. The van der Waals surface area contributed by atoms with Gasteiger partial charge in [0, 0.05) is 64.1 Å². The number of carbonyl (C=O) groups excluding carboxylic acids is 2. The Bertz CT molecular complexity index is 589. The fourth-order valence-electron chi connectivity index (χ4n) is 4.10. The molecule has 25 heavy (non-hydrogen) atoms. The molecule has 7 heteroatoms. The number of rotatable bonds is 6. The van der Waals surface area contributed by atoms with Crippen LogP contribution in [0.25, 0.3) is 0 Å². The van der Waals surface area contributed by atoms with Gasteiger partial charge in [-0.05, 0) is 25.7 Å². The van der Waals surface area contributed by atoms with Crippen LogP contribution in [0.4, 0.5) is 0 Å². The lowest BCUT2D eigenvalue weighted by atomic mass is 9.73. The first-order chi connectivity index (χ1) is 12.1. The van der Waals surface area contributed by atoms with Gasteiger partial charge < -0.3 is 19.1 Å². The van der Waals surface area contributed by atoms with E-state index in [1.54, 1.807) is 19.6 Å². The summed E-state index contributed by atoms with van der Waals surface area (Å²) in [5.41, 5.74) is 0.0594. The summed E-state index contributed by atoms with van der Waals surface area (Å²) in [5.74, 6) is 0.378. The zero-order valence-corrected chi connectivity index (χ0v) is 15.0. The summed E-state index contributed by atoms with van der Waals surface area (Å²) in [6, 6.07) is 0. The van der Waals surface area contributed by atoms with Gasteiger partial charge in [0.15, 0.2) is 0 Å². The number of aromatic nitrogens is 2. The summed E-state index contributed by atoms with van der Waals surface area (Å²) < 4.78 is 6.92. The molecule has 0 radical (unpaired) electrons. The number of imidazole rings is 1. The monoisotopic (exact) mass is 348 g/mol. The molecule has 1 aromatic rings. The van der Waals surface area contributed by atoms with Crippen LogP contribution < -0.4 is 0 Å². The van der Waals surface area contributed by atoms with E-state index in [1.807, 2.05) is 20.6 Å². The van der Waals surface area contributed by atoms with Crippen molar-refractivity contribution in [2.45, 2.75) is 38.6 Å². The van der Waals surface area contributed by atoms with Gasteiger partial charge in [-0.25, -0.2) is 4.98 Å². The third kappa shape index (κ3) is 4.39. The lowest BCUT2D eigenvalue weighted by molar-refractivity contribution is -0.143. The van der Waals surface area contributed by atoms with Crippen LogP contribution in [0.2, 0.25) is 0 Å². The van der Waals surface area contributed by atoms with Gasteiger partial charge in [-0.1, -0.05) is 0 Å². The third-order valence-electron chi connectivity index (χ3n) is 5.42. The molecule has 0 N–H and O–H groups in total. The van der Waals surface area contributed by atoms with E-state index in [0.717, 1.165) is 51.9 Å². The first kappa shape index (κ1) is 17.9. The lowest BCUT2D eigenvalue weighted by Gasteiger charge is -2.48. The summed E-state index contributed by atoms with van der Waals surface area (Å²) in [4.78, 5) is 32.8. The SMILES string of the molecule is COCCCN1C[C@@]2(CCCN(C(=O)Cn3ccnc3)C2)CCC1=O. The second-order valence-electron chi connectivity index (χ2n) is 7.32. The van der Waals surface area contributed by atoms with Gasteiger partial charge in [-0.3, -0.25) is 9.59 Å². The van der Waals surface area contributed by atoms with Gasteiger partial charge in [0.05, 0.1) is 6.33 Å². The topological polar surface area (TPSA) is 67.7 Å². The van der Waals surface area contributed by atoms with Gasteiger partial charge in [-0.2, -0.15) is 0 Å². The lowest BCUT2D eigenvalue weighted by Crippen LogP contribution is -2.55. The normalized spacial score (nSPS) is 24.1. The molecular formula is C18H28N4O3. The van der Waals surface area contributed by atoms with Gasteiger partial charge in [-0.15, -0.1) is 0 Å². The fourth-order valence-corrected chi connectivity index (χ4v) is 4.10. The van der Waals surface area contributed by atoms with Crippen LogP contribution in [0, 0.1) is 5.41 Å². The largest absolute Gasteiger partial charge is 0.385 e. The Morgan fingerprint density at radius 1 is 1.36 bits per heavy atom. The smallest absolute Gasteiger partial charge is 0.242 e. The first-order valence-corrected chi connectivity index (χ1v) is 9.12. The Balaban J connectivity index is 1.60. The molecule has 0 unspecified atom stereocenters. The number of ether oxygens (including phenoxy) is 1. The van der Waals surface area contributed by atoms with E-state index in [2.05, 4.69) is 4.98 Å². The van der Waals surface area contributed by atoms with Gasteiger partial charge in [0.25, 0.3) is 0 Å². The zero-order chi connectivity index (χ0) is 17.7. The van der Waals surface area contributed by atoms with E-state index in [-0.39, 0.29) is 17.2 Å². The third-order valence-corrected chi connectivity index (χ3v) is 5.42. The van der Waals surface area contributed by atoms with E-state index in [0.29, 0.717) is 19.6 Å². The molecule has 0 aliphatic carbocycles. The van der Waals surface area contributed by atoms with Crippen molar-refractivity contribution in [3.63, 3.8) is 0 Å². The van der Waals surface area contributed by atoms with Crippen LogP contribution in [0.15, 0.2) is 18.7 Å². The van der Waals surface area contributed by atoms with Crippen molar-refractivity contribution in [1.29, 1.82) is 0 Å². The second-order valence-corrected chi connectivity index (χ2v) is 7.32. The summed E-state index contributed by atoms with van der Waals surface area (Å²) in [6.45, 7) is 4.10. The maximum Gasteiger partial charge on any atom is 0.242 e. The molecule has 2 aliphatic rings. The molecule has 138 valence electrons. The molecule has 2 saturated heterocycles. The van der Waals surface area contributed by atoms with E-state index >= 15 is 0 Å². The molecule has 3 rings (SSSR count). The van der Waals surface area contributed by atoms with Gasteiger partial charge >= 0.3 is 0 Å². The summed E-state index contributed by atoms with van der Waals surface area (Å²) >= 11 is 0. The van der Waals surface area contributed by atoms with E-state index < -0.39 is 0 Å². The molecule has 3 heterocycles. The molecule has 2 fully saturated rings. The number of methoxy groups -OCH3 is 1. The summed E-state index contributed by atoms with van der Waals surface area (Å²) in [7, 11) is 1.68. The average Bonchev–Trinajstić information content (AvgIpc) is 3.11. The Labute approximate surface area is 148 Å². The Kier molecular flexibility index (Phi) is 5.73. The highest BCUT2D eigenvalue weighted by atomic mass is 16.5. The van der Waals surface area contributed by atoms with Gasteiger partial charge in [0.1, 0.15) is 6.54 Å². The van der Waals surface area contributed by atoms with Crippen LogP contribution >= 0.6 is 0 Å². The number of nitrogens with zero attached hydrogens (tertiary/aromatic N) is 4. The molecule has 0 aromatic carbocycles. The predicted molar refractivity (Wildman–Crippen MR) is 92.8 cm³/mol. The van der Waals surface area contributed by atoms with E-state index in [4.69, 9.17) is 4.74 Å². The van der Waals surface area contributed by atoms with Crippen LogP contribution in [-0.2, 0) is 20.9 Å². The van der Waals surface area contributed by atoms with E-state index in [9.17, 15) is 9.59 Å². The van der Waals surface area contributed by atoms with Crippen molar-refractivity contribution in [2.24, 2.45) is 5.41 Å². The van der Waals surface area contributed by atoms with Crippen molar-refractivity contribution in [1.82, 2.24) is 19.4 Å². The number of piperidine rings is 2. The number of hydrogen-bond acceptors (Lipinski definition) is 4. The average molecular weight is 348 g/mol. The molecule has 2 amide bonds. The van der Waals surface area contributed by atoms with Gasteiger partial charge in [0.2, 0.25) is 11.8 Å². The van der Waals surface area contributed by atoms with Crippen LogP contribution in [0.1, 0.15) is 32.1 Å². The number of hydrogen-bond donors (Lipinski definition) is 0. The maximum atomic E-state index is 12.6. The highest BCUT2D eigenvalue weighted by Crippen LogP contribution is 2.39. The number of carbonyl (C=O) groups is 2. The summed E-state index contributed by atoms with van der Waals surface area (Å²) in [5, 5.41) is 0. The standard InChI is InChI=1S/C18H28N4O3/c1-25-11-3-9-21-13-18(6-4-16(21)23)5-2-8-22(14-18)17(24)12-20-10-7-19-15-20/h7,10,15H,2-6,8-9,11-14H2,1H3/t18-/m1/s1. The zero-order valence-electron chi connectivity index (χ0n) is 15.0. The minimum atomic E-state index is 0.0594. The highest BCUT2D eigenvalue weighted by Gasteiger charge is 2.42. The van der Waals surface area contributed by atoms with Crippen molar-refractivity contribution < 1.29 is 14.3 Å². The minimum Gasteiger partial charge on any atom is -0.385 e. The first-order valence-electron chi connectivity index (χ1n) is 9.12. The molecule has 1 atom stereocenters. The molecule has 1 spiro atoms. The molecule has 2 aliphatic heterocycles. The van der Waals surface area contributed by atoms with Crippen LogP contribution in [0.5, 0.6) is 0 Å². The maximum absolute atomic E-state index is 12.6. The molecular weight excluding hydrogens is 320 g/mol. The van der Waals surface area contributed by atoms with Crippen molar-refractivity contribution in [3.8, 4) is 0 Å². The quantitative estimate of drug-likeness (QED) is 0.723. The second kappa shape index (κ2) is 7.99. The van der Waals surface area contributed by atoms with Crippen molar-refractivity contribution in [3.05, 3.63) is 18.7 Å². The van der Waals surface area contributed by atoms with Crippen molar-refractivity contribution >= 4 is 11.8 Å². The molecule has 0 bridgehead atoms. The summed E-state index contributed by atoms with van der Waals surface area (Å²) in [6.07, 6.45) is 9.63. The molecule has 0 saturated carbocycles. The number of amides is 2. The van der Waals surface area contributed by atoms with Crippen LogP contribution in [-0.4, -0.2) is 71.1 Å². The molecule has 1 aromatic heterocycles. The van der Waals surface area contributed by atoms with E-state index in [1.165, 1.54) is 0 Å².